The van der Waals surface area contributed by atoms with E-state index in [9.17, 15) is 32.7 Å². The summed E-state index contributed by atoms with van der Waals surface area (Å²) < 4.78 is 44.9. The van der Waals surface area contributed by atoms with Gasteiger partial charge in [-0.2, -0.15) is 18.3 Å². The lowest BCUT2D eigenvalue weighted by molar-refractivity contribution is -0.139. The largest absolute Gasteiger partial charge is 0.481 e. The molecule has 1 amide bonds. The molecule has 10 nitrogen and oxygen atoms in total. The number of nitrogens with one attached hydrogen (secondary N) is 1. The predicted octanol–water partition coefficient (Wildman–Crippen LogP) is 5.91. The van der Waals surface area contributed by atoms with E-state index in [1.54, 1.807) is 35.9 Å². The molecule has 1 saturated carbocycles. The summed E-state index contributed by atoms with van der Waals surface area (Å²) in [6.07, 6.45) is -0.354. The number of amides is 1. The number of benzene rings is 1. The molecule has 0 radical (unpaired) electrons. The molecule has 0 unspecified atom stereocenters. The van der Waals surface area contributed by atoms with Crippen molar-refractivity contribution in [3.63, 3.8) is 0 Å². The Labute approximate surface area is 294 Å². The zero-order valence-electron chi connectivity index (χ0n) is 29.6. The smallest absolute Gasteiger partial charge is 0.416 e. The summed E-state index contributed by atoms with van der Waals surface area (Å²) in [5.74, 6) is 4.54. The molecule has 13 heteroatoms. The molecule has 2 atom stereocenters. The first-order valence-corrected chi connectivity index (χ1v) is 17.0. The zero-order chi connectivity index (χ0) is 37.2. The molecule has 3 aromatic heterocycles. The van der Waals surface area contributed by atoms with Crippen molar-refractivity contribution in [2.75, 3.05) is 20.6 Å². The molecular formula is C38H43F3N6O4. The number of hydrogen-bond donors (Lipinski definition) is 2. The number of aromatic nitrogens is 4. The maximum atomic E-state index is 14.2. The highest BCUT2D eigenvalue weighted by atomic mass is 19.4. The van der Waals surface area contributed by atoms with Gasteiger partial charge in [0.25, 0.3) is 5.56 Å². The lowest BCUT2D eigenvalue weighted by Gasteiger charge is -2.26. The van der Waals surface area contributed by atoms with Crippen LogP contribution in [0.3, 0.4) is 0 Å². The van der Waals surface area contributed by atoms with E-state index in [4.69, 9.17) is 4.98 Å². The molecule has 270 valence electrons. The summed E-state index contributed by atoms with van der Waals surface area (Å²) in [5.41, 5.74) is 1.91. The van der Waals surface area contributed by atoms with Gasteiger partial charge in [0.1, 0.15) is 11.7 Å². The minimum Gasteiger partial charge on any atom is -0.481 e. The Morgan fingerprint density at radius 3 is 2.51 bits per heavy atom. The number of aliphatic carboxylic acids is 1. The number of carboxylic acid groups (broad SMARTS) is 1. The van der Waals surface area contributed by atoms with E-state index in [1.165, 1.54) is 0 Å². The Morgan fingerprint density at radius 1 is 1.16 bits per heavy atom. The van der Waals surface area contributed by atoms with Crippen LogP contribution >= 0.6 is 0 Å². The van der Waals surface area contributed by atoms with E-state index in [2.05, 4.69) is 22.3 Å². The van der Waals surface area contributed by atoms with Crippen LogP contribution in [0.4, 0.5) is 13.2 Å². The number of carbonyl (C=O) groups is 2. The van der Waals surface area contributed by atoms with E-state index in [-0.39, 0.29) is 42.5 Å². The van der Waals surface area contributed by atoms with Gasteiger partial charge in [-0.05, 0) is 99.0 Å². The molecule has 0 bridgehead atoms. The van der Waals surface area contributed by atoms with Crippen LogP contribution in [0.15, 0.2) is 47.5 Å². The molecule has 4 aromatic rings. The van der Waals surface area contributed by atoms with Gasteiger partial charge in [0.05, 0.1) is 35.4 Å². The molecule has 1 fully saturated rings. The first kappa shape index (κ1) is 37.3. The molecule has 0 saturated heterocycles. The van der Waals surface area contributed by atoms with Crippen molar-refractivity contribution in [3.8, 4) is 23.0 Å². The number of rotatable bonds is 12. The van der Waals surface area contributed by atoms with E-state index in [1.807, 2.05) is 46.0 Å². The number of nitrogens with zero attached hydrogens (tertiary/aromatic N) is 5. The number of carbonyl (C=O) groups excluding carboxylic acids is 1. The van der Waals surface area contributed by atoms with Gasteiger partial charge < -0.3 is 19.9 Å². The van der Waals surface area contributed by atoms with E-state index >= 15 is 0 Å². The van der Waals surface area contributed by atoms with E-state index in [0.29, 0.717) is 17.3 Å². The van der Waals surface area contributed by atoms with Gasteiger partial charge >= 0.3 is 12.1 Å². The summed E-state index contributed by atoms with van der Waals surface area (Å²) in [6.45, 7) is 5.89. The van der Waals surface area contributed by atoms with Gasteiger partial charge in [0, 0.05) is 37.2 Å². The topological polar surface area (TPSA) is 122 Å². The third-order valence-corrected chi connectivity index (χ3v) is 8.94. The van der Waals surface area contributed by atoms with E-state index < -0.39 is 47.7 Å². The minimum absolute atomic E-state index is 0.00966. The summed E-state index contributed by atoms with van der Waals surface area (Å²) in [5, 5.41) is 18.1. The lowest BCUT2D eigenvalue weighted by Crippen LogP contribution is -2.41. The van der Waals surface area contributed by atoms with Gasteiger partial charge in [-0.1, -0.05) is 25.8 Å². The van der Waals surface area contributed by atoms with Crippen molar-refractivity contribution in [2.24, 2.45) is 18.9 Å². The van der Waals surface area contributed by atoms with Gasteiger partial charge in [0.15, 0.2) is 0 Å². The third-order valence-electron chi connectivity index (χ3n) is 8.94. The van der Waals surface area contributed by atoms with Crippen molar-refractivity contribution < 1.29 is 27.9 Å². The Kier molecular flexibility index (Phi) is 11.0. The fourth-order valence-electron chi connectivity index (χ4n) is 6.17. The maximum Gasteiger partial charge on any atom is 0.416 e. The molecule has 51 heavy (non-hydrogen) atoms. The predicted molar refractivity (Wildman–Crippen MR) is 188 cm³/mol. The van der Waals surface area contributed by atoms with Crippen LogP contribution in [0, 0.1) is 30.6 Å². The number of pyridine rings is 2. The Balaban J connectivity index is 1.60. The molecule has 3 heterocycles. The second-order valence-corrected chi connectivity index (χ2v) is 14.0. The maximum absolute atomic E-state index is 14.2. The highest BCUT2D eigenvalue weighted by Crippen LogP contribution is 2.35. The molecule has 1 aliphatic rings. The molecule has 0 aliphatic heterocycles. The first-order chi connectivity index (χ1) is 24.0. The third kappa shape index (κ3) is 9.05. The highest BCUT2D eigenvalue weighted by molar-refractivity contribution is 5.96. The summed E-state index contributed by atoms with van der Waals surface area (Å²) >= 11 is 0. The quantitative estimate of drug-likeness (QED) is 0.176. The normalized spacial score (nSPS) is 14.4. The van der Waals surface area contributed by atoms with Crippen molar-refractivity contribution in [1.82, 2.24) is 29.5 Å². The summed E-state index contributed by atoms with van der Waals surface area (Å²) in [4.78, 5) is 46.2. The minimum atomic E-state index is -4.77. The Morgan fingerprint density at radius 2 is 1.88 bits per heavy atom. The van der Waals surface area contributed by atoms with Crippen LogP contribution < -0.4 is 10.9 Å². The molecule has 2 N–H and O–H groups in total. The van der Waals surface area contributed by atoms with Gasteiger partial charge in [0.2, 0.25) is 5.91 Å². The van der Waals surface area contributed by atoms with Gasteiger partial charge in [-0.15, -0.1) is 0 Å². The number of fused-ring (bicyclic) bond motifs is 1. The SMILES string of the molecule is Cc1ccc2c(cnn2C)c1-c1cc(C#CC2CC2)nc([C@H](CC(=O)O)NC(=O)[C@H](CC(C)C)n2cc(CCN(C)C)c(C(F)(F)F)cc2=O)c1. The molecular weight excluding hydrogens is 661 g/mol. The number of hydrogen-bond acceptors (Lipinski definition) is 6. The van der Waals surface area contributed by atoms with Gasteiger partial charge in [-0.3, -0.25) is 19.1 Å². The van der Waals surface area contributed by atoms with Crippen molar-refractivity contribution >= 4 is 22.8 Å². The Bertz CT molecular complexity index is 2070. The number of aryl methyl sites for hydroxylation is 2. The van der Waals surface area contributed by atoms with Crippen molar-refractivity contribution in [1.29, 1.82) is 0 Å². The monoisotopic (exact) mass is 704 g/mol. The van der Waals surface area contributed by atoms with Crippen molar-refractivity contribution in [2.45, 2.75) is 71.1 Å². The van der Waals surface area contributed by atoms with Crippen LogP contribution in [0.1, 0.15) is 79.7 Å². The lowest BCUT2D eigenvalue weighted by atomic mass is 9.94. The fourth-order valence-corrected chi connectivity index (χ4v) is 6.17. The number of halogens is 3. The Hall–Kier alpha value is -4.96. The molecule has 0 spiro atoms. The average Bonchev–Trinajstić information content (AvgIpc) is 3.81. The molecule has 1 aromatic carbocycles. The first-order valence-electron chi connectivity index (χ1n) is 17.0. The second kappa shape index (κ2) is 15.1. The van der Waals surface area contributed by atoms with Gasteiger partial charge in [-0.25, -0.2) is 4.98 Å². The average molecular weight is 705 g/mol. The molecule has 5 rings (SSSR count). The zero-order valence-corrected chi connectivity index (χ0v) is 29.6. The van der Waals surface area contributed by atoms with E-state index in [0.717, 1.165) is 45.6 Å². The van der Waals surface area contributed by atoms with Crippen LogP contribution in [0.5, 0.6) is 0 Å². The van der Waals surface area contributed by atoms with Crippen molar-refractivity contribution in [3.05, 3.63) is 81.2 Å². The highest BCUT2D eigenvalue weighted by Gasteiger charge is 2.36. The standard InChI is InChI=1S/C38H43F3N6O4/c1-22(2)15-33(47-21-25(13-14-45(4)5)29(18-34(47)48)38(39,40)41)37(51)44-31(19-35(49)50)30-17-26(16-27(43-30)11-10-24-8-9-24)36-23(3)7-12-32-28(36)20-42-46(32)6/h7,12,16-18,20-22,24,31,33H,8-9,13-15,19H2,1-6H3,(H,44,51)(H,49,50)/t31-,33-/m0/s1. The van der Waals surface area contributed by atoms with Crippen LogP contribution in [0.2, 0.25) is 0 Å². The number of carboxylic acids is 1. The summed E-state index contributed by atoms with van der Waals surface area (Å²) in [6, 6.07) is 5.66. The van der Waals surface area contributed by atoms with Crippen LogP contribution in [-0.4, -0.2) is 61.9 Å². The second-order valence-electron chi connectivity index (χ2n) is 14.0. The van der Waals surface area contributed by atoms with Crippen LogP contribution in [-0.2, 0) is 29.2 Å². The fraction of sp³-hybridized carbons (Fsp3) is 0.447. The number of alkyl halides is 3. The number of likely N-dealkylation sites (N-methyl/N-ethyl adjacent to an activating group) is 1. The molecule has 1 aliphatic carbocycles. The van der Waals surface area contributed by atoms with Crippen LogP contribution in [0.25, 0.3) is 22.0 Å². The summed E-state index contributed by atoms with van der Waals surface area (Å²) in [7, 11) is 5.29.